The monoisotopic (exact) mass is 378 g/mol. The second kappa shape index (κ2) is 7.82. The Morgan fingerprint density at radius 2 is 1.61 bits per heavy atom. The van der Waals surface area contributed by atoms with E-state index in [1.807, 2.05) is 23.1 Å². The molecule has 0 radical (unpaired) electrons. The summed E-state index contributed by atoms with van der Waals surface area (Å²) >= 11 is 0. The summed E-state index contributed by atoms with van der Waals surface area (Å²) in [7, 11) is 0. The van der Waals surface area contributed by atoms with Crippen LogP contribution in [-0.2, 0) is 0 Å². The van der Waals surface area contributed by atoms with Crippen molar-refractivity contribution in [2.24, 2.45) is 0 Å². The Morgan fingerprint density at radius 1 is 0.893 bits per heavy atom. The van der Waals surface area contributed by atoms with Crippen molar-refractivity contribution in [3.8, 4) is 0 Å². The van der Waals surface area contributed by atoms with E-state index < -0.39 is 4.92 Å². The van der Waals surface area contributed by atoms with Crippen molar-refractivity contribution in [1.29, 1.82) is 0 Å². The maximum absolute atomic E-state index is 11.8. The summed E-state index contributed by atoms with van der Waals surface area (Å²) in [5.74, 6) is 1.81. The second-order valence-corrected chi connectivity index (χ2v) is 6.15. The topological polar surface area (TPSA) is 113 Å². The number of nitro groups is 1. The summed E-state index contributed by atoms with van der Waals surface area (Å²) in [6, 6.07) is 11.1. The van der Waals surface area contributed by atoms with Gasteiger partial charge in [0, 0.05) is 38.6 Å². The van der Waals surface area contributed by atoms with Crippen molar-refractivity contribution >= 4 is 29.0 Å². The highest BCUT2D eigenvalue weighted by molar-refractivity contribution is 5.73. The van der Waals surface area contributed by atoms with Crippen LogP contribution >= 0.6 is 0 Å². The van der Waals surface area contributed by atoms with Crippen molar-refractivity contribution in [2.45, 2.75) is 0 Å². The fourth-order valence-corrected chi connectivity index (χ4v) is 3.11. The van der Waals surface area contributed by atoms with E-state index in [1.165, 1.54) is 6.33 Å². The first-order valence-corrected chi connectivity index (χ1v) is 8.81. The van der Waals surface area contributed by atoms with E-state index >= 15 is 0 Å². The Labute approximate surface area is 161 Å². The number of nitrogens with one attached hydrogen (secondary N) is 1. The number of pyridine rings is 2. The minimum Gasteiger partial charge on any atom is -0.353 e. The third-order valence-corrected chi connectivity index (χ3v) is 4.45. The van der Waals surface area contributed by atoms with Crippen molar-refractivity contribution in [3.63, 3.8) is 0 Å². The summed E-state index contributed by atoms with van der Waals surface area (Å²) < 4.78 is 0. The standard InChI is InChI=1S/C18H18N8O2/c27-26(28)16-17(23-14-5-1-3-7-19-14)21-13-22-18(16)25-11-9-24(10-12-25)15-6-2-4-8-20-15/h1-8,13H,9-12H2,(H,19,21,22,23). The molecule has 142 valence electrons. The maximum atomic E-state index is 11.8. The molecule has 4 heterocycles. The zero-order chi connectivity index (χ0) is 19.3. The highest BCUT2D eigenvalue weighted by Gasteiger charge is 2.29. The summed E-state index contributed by atoms with van der Waals surface area (Å²) in [6.07, 6.45) is 4.69. The molecule has 4 rings (SSSR count). The van der Waals surface area contributed by atoms with Gasteiger partial charge >= 0.3 is 5.69 Å². The van der Waals surface area contributed by atoms with Crippen molar-refractivity contribution in [3.05, 3.63) is 65.2 Å². The minimum atomic E-state index is -0.453. The lowest BCUT2D eigenvalue weighted by atomic mass is 10.2. The SMILES string of the molecule is O=[N+]([O-])c1c(Nc2ccccn2)ncnc1N1CCN(c2ccccn2)CC1. The van der Waals surface area contributed by atoms with Crippen molar-refractivity contribution in [1.82, 2.24) is 19.9 Å². The normalized spacial score (nSPS) is 14.0. The average molecular weight is 378 g/mol. The average Bonchev–Trinajstić information content (AvgIpc) is 2.75. The van der Waals surface area contributed by atoms with Gasteiger partial charge in [-0.05, 0) is 24.3 Å². The van der Waals surface area contributed by atoms with Gasteiger partial charge in [0.2, 0.25) is 11.6 Å². The molecule has 0 unspecified atom stereocenters. The van der Waals surface area contributed by atoms with Crippen LogP contribution in [0.5, 0.6) is 0 Å². The number of hydrogen-bond donors (Lipinski definition) is 1. The molecule has 0 amide bonds. The lowest BCUT2D eigenvalue weighted by molar-refractivity contribution is -0.383. The predicted molar refractivity (Wildman–Crippen MR) is 105 cm³/mol. The number of rotatable bonds is 5. The Hall–Kier alpha value is -3.82. The Balaban J connectivity index is 1.56. The van der Waals surface area contributed by atoms with E-state index in [9.17, 15) is 10.1 Å². The fourth-order valence-electron chi connectivity index (χ4n) is 3.11. The second-order valence-electron chi connectivity index (χ2n) is 6.15. The van der Waals surface area contributed by atoms with Crippen LogP contribution in [-0.4, -0.2) is 51.0 Å². The number of hydrogen-bond acceptors (Lipinski definition) is 9. The first kappa shape index (κ1) is 17.6. The minimum absolute atomic E-state index is 0.126. The van der Waals surface area contributed by atoms with E-state index in [0.717, 1.165) is 5.82 Å². The molecule has 1 aliphatic heterocycles. The van der Waals surface area contributed by atoms with Gasteiger partial charge in [0.25, 0.3) is 0 Å². The van der Waals surface area contributed by atoms with Crippen LogP contribution in [0.15, 0.2) is 55.1 Å². The number of piperazine rings is 1. The van der Waals surface area contributed by atoms with Crippen molar-refractivity contribution in [2.75, 3.05) is 41.3 Å². The van der Waals surface area contributed by atoms with E-state index in [4.69, 9.17) is 0 Å². The molecule has 3 aromatic heterocycles. The Kier molecular flexibility index (Phi) is 4.91. The zero-order valence-electron chi connectivity index (χ0n) is 15.0. The number of aromatic nitrogens is 4. The predicted octanol–water partition coefficient (Wildman–Crippen LogP) is 2.25. The summed E-state index contributed by atoms with van der Waals surface area (Å²) in [5.41, 5.74) is -0.153. The van der Waals surface area contributed by atoms with E-state index in [1.54, 1.807) is 30.6 Å². The van der Waals surface area contributed by atoms with Gasteiger partial charge in [-0.15, -0.1) is 0 Å². The summed E-state index contributed by atoms with van der Waals surface area (Å²) in [6.45, 7) is 2.58. The van der Waals surface area contributed by atoms with Crippen LogP contribution in [0.1, 0.15) is 0 Å². The van der Waals surface area contributed by atoms with E-state index in [2.05, 4.69) is 30.2 Å². The molecule has 0 spiro atoms. The van der Waals surface area contributed by atoms with Gasteiger partial charge in [-0.25, -0.2) is 19.9 Å². The molecule has 0 aliphatic carbocycles. The Bertz CT molecular complexity index is 946. The van der Waals surface area contributed by atoms with Gasteiger partial charge in [0.1, 0.15) is 18.0 Å². The number of nitrogens with zero attached hydrogens (tertiary/aromatic N) is 7. The van der Waals surface area contributed by atoms with Crippen molar-refractivity contribution < 1.29 is 4.92 Å². The molecule has 10 heteroatoms. The number of anilines is 4. The first-order valence-electron chi connectivity index (χ1n) is 8.81. The fraction of sp³-hybridized carbons (Fsp3) is 0.222. The van der Waals surface area contributed by atoms with Crippen LogP contribution < -0.4 is 15.1 Å². The molecule has 10 nitrogen and oxygen atoms in total. The van der Waals surface area contributed by atoms with Crippen LogP contribution in [0, 0.1) is 10.1 Å². The van der Waals surface area contributed by atoms with Gasteiger partial charge < -0.3 is 15.1 Å². The smallest absolute Gasteiger partial charge is 0.353 e. The third kappa shape index (κ3) is 3.65. The quantitative estimate of drug-likeness (QED) is 0.527. The molecule has 1 fully saturated rings. The molecule has 1 saturated heterocycles. The summed E-state index contributed by atoms with van der Waals surface area (Å²) in [4.78, 5) is 32.1. The zero-order valence-corrected chi connectivity index (χ0v) is 15.0. The molecule has 0 saturated carbocycles. The molecule has 28 heavy (non-hydrogen) atoms. The van der Waals surface area contributed by atoms with E-state index in [-0.39, 0.29) is 11.5 Å². The van der Waals surface area contributed by atoms with Gasteiger partial charge in [-0.2, -0.15) is 0 Å². The lowest BCUT2D eigenvalue weighted by Gasteiger charge is -2.35. The van der Waals surface area contributed by atoms with Crippen LogP contribution in [0.4, 0.5) is 29.0 Å². The molecule has 0 atom stereocenters. The summed E-state index contributed by atoms with van der Waals surface area (Å²) in [5, 5.41) is 14.7. The van der Waals surface area contributed by atoms with Gasteiger partial charge in [-0.3, -0.25) is 10.1 Å². The third-order valence-electron chi connectivity index (χ3n) is 4.45. The molecular weight excluding hydrogens is 360 g/mol. The lowest BCUT2D eigenvalue weighted by Crippen LogP contribution is -2.47. The Morgan fingerprint density at radius 3 is 2.25 bits per heavy atom. The van der Waals surface area contributed by atoms with Gasteiger partial charge in [0.15, 0.2) is 0 Å². The maximum Gasteiger partial charge on any atom is 0.353 e. The van der Waals surface area contributed by atoms with E-state index in [0.29, 0.717) is 37.8 Å². The highest BCUT2D eigenvalue weighted by atomic mass is 16.6. The molecule has 0 aromatic carbocycles. The molecule has 3 aromatic rings. The van der Waals surface area contributed by atoms with Crippen LogP contribution in [0.2, 0.25) is 0 Å². The van der Waals surface area contributed by atoms with Gasteiger partial charge in [-0.1, -0.05) is 12.1 Å². The first-order chi connectivity index (χ1) is 13.7. The largest absolute Gasteiger partial charge is 0.353 e. The highest BCUT2D eigenvalue weighted by Crippen LogP contribution is 2.33. The molecular formula is C18H18N8O2. The molecule has 1 N–H and O–H groups in total. The molecule has 0 bridgehead atoms. The van der Waals surface area contributed by atoms with Crippen LogP contribution in [0.3, 0.4) is 0 Å². The van der Waals surface area contributed by atoms with Gasteiger partial charge in [0.05, 0.1) is 4.92 Å². The van der Waals surface area contributed by atoms with Crippen LogP contribution in [0.25, 0.3) is 0 Å². The molecule has 1 aliphatic rings.